The highest BCUT2D eigenvalue weighted by molar-refractivity contribution is 5.92. The van der Waals surface area contributed by atoms with Crippen LogP contribution in [0.5, 0.6) is 0 Å². The fourth-order valence-corrected chi connectivity index (χ4v) is 3.90. The van der Waals surface area contributed by atoms with Crippen molar-refractivity contribution in [1.82, 2.24) is 10.2 Å². The number of nitrogens with one attached hydrogen (secondary N) is 1. The molecule has 140 valence electrons. The molecular weight excluding hydrogens is 320 g/mol. The van der Waals surface area contributed by atoms with E-state index in [1.54, 1.807) is 7.05 Å². The minimum absolute atomic E-state index is 0.0439. The summed E-state index contributed by atoms with van der Waals surface area (Å²) in [5.41, 5.74) is 1.38. The first-order valence-corrected chi connectivity index (χ1v) is 9.52. The number of amides is 1. The third-order valence-electron chi connectivity index (χ3n) is 5.22. The van der Waals surface area contributed by atoms with Crippen LogP contribution in [-0.2, 0) is 10.2 Å². The molecule has 0 fully saturated rings. The third kappa shape index (κ3) is 4.16. The van der Waals surface area contributed by atoms with Gasteiger partial charge in [-0.15, -0.1) is 0 Å². The molecule has 1 amide bonds. The third-order valence-corrected chi connectivity index (χ3v) is 5.22. The quantitative estimate of drug-likeness (QED) is 0.771. The van der Waals surface area contributed by atoms with Crippen LogP contribution >= 0.6 is 0 Å². The minimum atomic E-state index is -0.695. The molecule has 2 rings (SSSR count). The highest BCUT2D eigenvalue weighted by atomic mass is 16.2. The Bertz CT molecular complexity index is 632. The predicted octanol–water partition coefficient (Wildman–Crippen LogP) is 4.23. The summed E-state index contributed by atoms with van der Waals surface area (Å²) in [5.74, 6) is 0.0439. The van der Waals surface area contributed by atoms with Gasteiger partial charge < -0.3 is 5.32 Å². The van der Waals surface area contributed by atoms with Gasteiger partial charge in [0.1, 0.15) is 5.41 Å². The molecule has 0 saturated carbocycles. The zero-order valence-electron chi connectivity index (χ0n) is 16.7. The van der Waals surface area contributed by atoms with Crippen molar-refractivity contribution < 1.29 is 4.79 Å². The Hall–Kier alpha value is -2.13. The zero-order valence-corrected chi connectivity index (χ0v) is 16.7. The van der Waals surface area contributed by atoms with Crippen LogP contribution < -0.4 is 5.32 Å². The normalized spacial score (nSPS) is 12.0. The van der Waals surface area contributed by atoms with E-state index in [2.05, 4.69) is 62.2 Å². The van der Waals surface area contributed by atoms with E-state index in [1.165, 1.54) is 0 Å². The van der Waals surface area contributed by atoms with Crippen LogP contribution in [0.15, 0.2) is 60.7 Å². The number of likely N-dealkylation sites (N-methyl/N-ethyl adjacent to an activating group) is 1. The Balaban J connectivity index is 2.55. The Morgan fingerprint density at radius 2 is 1.31 bits per heavy atom. The molecule has 2 aromatic carbocycles. The summed E-state index contributed by atoms with van der Waals surface area (Å²) in [5, 5.41) is 2.93. The molecule has 3 heteroatoms. The number of hydrogen-bond donors (Lipinski definition) is 1. The van der Waals surface area contributed by atoms with Gasteiger partial charge in [0.05, 0.1) is 0 Å². The van der Waals surface area contributed by atoms with Gasteiger partial charge in [-0.05, 0) is 45.2 Å². The van der Waals surface area contributed by atoms with E-state index in [4.69, 9.17) is 0 Å². The second-order valence-electron chi connectivity index (χ2n) is 7.39. The van der Waals surface area contributed by atoms with Crippen molar-refractivity contribution in [2.24, 2.45) is 0 Å². The number of carbonyl (C=O) groups excluding carboxylic acids is 1. The van der Waals surface area contributed by atoms with Crippen molar-refractivity contribution in [3.8, 4) is 0 Å². The van der Waals surface area contributed by atoms with Gasteiger partial charge in [-0.2, -0.15) is 0 Å². The van der Waals surface area contributed by atoms with Crippen LogP contribution in [-0.4, -0.2) is 36.5 Å². The summed E-state index contributed by atoms with van der Waals surface area (Å²) < 4.78 is 0. The Morgan fingerprint density at radius 3 is 1.65 bits per heavy atom. The molecule has 26 heavy (non-hydrogen) atoms. The second-order valence-corrected chi connectivity index (χ2v) is 7.39. The summed E-state index contributed by atoms with van der Waals surface area (Å²) in [4.78, 5) is 15.7. The molecular formula is C23H32N2O. The largest absolute Gasteiger partial charge is 0.358 e. The van der Waals surface area contributed by atoms with Gasteiger partial charge in [-0.3, -0.25) is 9.69 Å². The van der Waals surface area contributed by atoms with Crippen molar-refractivity contribution in [3.63, 3.8) is 0 Å². The molecule has 1 N–H and O–H groups in total. The van der Waals surface area contributed by atoms with Gasteiger partial charge in [0.25, 0.3) is 0 Å². The number of nitrogens with zero attached hydrogens (tertiary/aromatic N) is 1. The van der Waals surface area contributed by atoms with Crippen LogP contribution in [0.1, 0.15) is 45.2 Å². The number of benzene rings is 2. The van der Waals surface area contributed by atoms with Gasteiger partial charge in [0, 0.05) is 25.7 Å². The maximum atomic E-state index is 13.3. The van der Waals surface area contributed by atoms with Crippen LogP contribution in [0, 0.1) is 0 Å². The lowest BCUT2D eigenvalue weighted by molar-refractivity contribution is -0.125. The average Bonchev–Trinajstić information content (AvgIpc) is 2.65. The fraction of sp³-hybridized carbons (Fsp3) is 0.435. The summed E-state index contributed by atoms with van der Waals surface area (Å²) in [6.45, 7) is 9.71. The predicted molar refractivity (Wildman–Crippen MR) is 109 cm³/mol. The molecule has 3 nitrogen and oxygen atoms in total. The van der Waals surface area contributed by atoms with Crippen LogP contribution in [0.2, 0.25) is 0 Å². The molecule has 0 saturated heterocycles. The van der Waals surface area contributed by atoms with Crippen LogP contribution in [0.3, 0.4) is 0 Å². The number of rotatable bonds is 8. The molecule has 2 aromatic rings. The highest BCUT2D eigenvalue weighted by Crippen LogP contribution is 2.36. The lowest BCUT2D eigenvalue weighted by Crippen LogP contribution is -2.48. The topological polar surface area (TPSA) is 32.3 Å². The smallest absolute Gasteiger partial charge is 0.234 e. The molecule has 0 atom stereocenters. The molecule has 0 unspecified atom stereocenters. The molecule has 0 aromatic heterocycles. The first kappa shape index (κ1) is 20.2. The summed E-state index contributed by atoms with van der Waals surface area (Å²) >= 11 is 0. The maximum absolute atomic E-state index is 13.3. The first-order valence-electron chi connectivity index (χ1n) is 9.52. The Morgan fingerprint density at radius 1 is 0.885 bits per heavy atom. The monoisotopic (exact) mass is 352 g/mol. The lowest BCUT2D eigenvalue weighted by Gasteiger charge is -2.38. The van der Waals surface area contributed by atoms with Crippen molar-refractivity contribution >= 4 is 5.91 Å². The first-order chi connectivity index (χ1) is 12.4. The Labute approximate surface area is 158 Å². The van der Waals surface area contributed by atoms with Crippen molar-refractivity contribution in [2.45, 2.75) is 51.6 Å². The minimum Gasteiger partial charge on any atom is -0.358 e. The van der Waals surface area contributed by atoms with Gasteiger partial charge in [0.2, 0.25) is 5.91 Å². The second kappa shape index (κ2) is 9.00. The van der Waals surface area contributed by atoms with Gasteiger partial charge >= 0.3 is 0 Å². The van der Waals surface area contributed by atoms with E-state index in [0.29, 0.717) is 12.1 Å². The molecule has 0 heterocycles. The van der Waals surface area contributed by atoms with E-state index in [1.807, 2.05) is 36.4 Å². The van der Waals surface area contributed by atoms with Crippen molar-refractivity contribution in [1.29, 1.82) is 0 Å². The Kier molecular flexibility index (Phi) is 6.98. The van der Waals surface area contributed by atoms with Gasteiger partial charge in [-0.1, -0.05) is 60.7 Å². The van der Waals surface area contributed by atoms with Crippen molar-refractivity contribution in [3.05, 3.63) is 71.8 Å². The fourth-order valence-electron chi connectivity index (χ4n) is 3.90. The van der Waals surface area contributed by atoms with Crippen LogP contribution in [0.4, 0.5) is 0 Å². The van der Waals surface area contributed by atoms with E-state index in [0.717, 1.165) is 24.1 Å². The van der Waals surface area contributed by atoms with E-state index in [9.17, 15) is 4.79 Å². The zero-order chi connectivity index (χ0) is 19.2. The van der Waals surface area contributed by atoms with E-state index in [-0.39, 0.29) is 5.91 Å². The molecule has 0 aliphatic rings. The van der Waals surface area contributed by atoms with E-state index >= 15 is 0 Å². The van der Waals surface area contributed by atoms with Crippen LogP contribution in [0.25, 0.3) is 0 Å². The van der Waals surface area contributed by atoms with Crippen molar-refractivity contribution in [2.75, 3.05) is 13.6 Å². The summed E-state index contributed by atoms with van der Waals surface area (Å²) in [7, 11) is 1.73. The molecule has 0 radical (unpaired) electrons. The molecule has 0 bridgehead atoms. The average molecular weight is 353 g/mol. The summed E-state index contributed by atoms with van der Waals surface area (Å²) in [6, 6.07) is 21.2. The standard InChI is InChI=1S/C23H32N2O/c1-18(2)25(19(3)4)17-16-23(22(26)24-5,20-12-8-6-9-13-20)21-14-10-7-11-15-21/h6-15,18-19H,16-17H2,1-5H3,(H,24,26). The molecule has 0 aliphatic heterocycles. The van der Waals surface area contributed by atoms with Gasteiger partial charge in [0.15, 0.2) is 0 Å². The molecule has 0 aliphatic carbocycles. The lowest BCUT2D eigenvalue weighted by atomic mass is 9.71. The number of carbonyl (C=O) groups is 1. The van der Waals surface area contributed by atoms with E-state index < -0.39 is 5.41 Å². The number of hydrogen-bond acceptors (Lipinski definition) is 2. The summed E-state index contributed by atoms with van der Waals surface area (Å²) in [6.07, 6.45) is 0.733. The highest BCUT2D eigenvalue weighted by Gasteiger charge is 2.41. The van der Waals surface area contributed by atoms with Gasteiger partial charge in [-0.25, -0.2) is 0 Å². The molecule has 0 spiro atoms. The SMILES string of the molecule is CNC(=O)C(CCN(C(C)C)C(C)C)(c1ccccc1)c1ccccc1. The maximum Gasteiger partial charge on any atom is 0.234 e.